The summed E-state index contributed by atoms with van der Waals surface area (Å²) in [6.45, 7) is 1.65. The first-order valence-electron chi connectivity index (χ1n) is 8.54. The zero-order valence-electron chi connectivity index (χ0n) is 15.5. The highest BCUT2D eigenvalue weighted by molar-refractivity contribution is 7.89. The fourth-order valence-corrected chi connectivity index (χ4v) is 3.35. The summed E-state index contributed by atoms with van der Waals surface area (Å²) in [4.78, 5) is 33.9. The van der Waals surface area contributed by atoms with Gasteiger partial charge in [-0.15, -0.1) is 0 Å². The Bertz CT molecular complexity index is 1000. The Labute approximate surface area is 167 Å². The third-order valence-electron chi connectivity index (χ3n) is 3.70. The van der Waals surface area contributed by atoms with E-state index in [0.29, 0.717) is 0 Å². The molecule has 0 atom stereocenters. The lowest BCUT2D eigenvalue weighted by atomic mass is 10.1. The number of rotatable bonds is 9. The number of hydrogen-bond donors (Lipinski definition) is 2. The standard InChI is InChI=1S/C18H19N3O7S/c1-2-28-18(23)15-5-3-4-6-16(15)20-17(22)11-12-19-29(26,27)14-9-7-13(8-10-14)21(24)25/h3-10,19H,2,11-12H2,1H3,(H,20,22). The van der Waals surface area contributed by atoms with E-state index in [9.17, 15) is 28.1 Å². The number of hydrogen-bond acceptors (Lipinski definition) is 7. The molecular formula is C18H19N3O7S. The summed E-state index contributed by atoms with van der Waals surface area (Å²) in [7, 11) is -3.93. The molecule has 1 amide bonds. The van der Waals surface area contributed by atoms with Crippen LogP contribution < -0.4 is 10.0 Å². The second-order valence-corrected chi connectivity index (χ2v) is 7.48. The number of benzene rings is 2. The molecule has 0 spiro atoms. The van der Waals surface area contributed by atoms with Gasteiger partial charge >= 0.3 is 5.97 Å². The third kappa shape index (κ3) is 6.09. The zero-order chi connectivity index (χ0) is 21.4. The lowest BCUT2D eigenvalue weighted by Crippen LogP contribution is -2.28. The van der Waals surface area contributed by atoms with Crippen molar-refractivity contribution < 1.29 is 27.7 Å². The van der Waals surface area contributed by atoms with E-state index in [2.05, 4.69) is 10.0 Å². The maximum Gasteiger partial charge on any atom is 0.340 e. The minimum Gasteiger partial charge on any atom is -0.462 e. The highest BCUT2D eigenvalue weighted by Crippen LogP contribution is 2.17. The van der Waals surface area contributed by atoms with Gasteiger partial charge in [0.25, 0.3) is 5.69 Å². The van der Waals surface area contributed by atoms with E-state index in [0.717, 1.165) is 24.3 Å². The Morgan fingerprint density at radius 2 is 1.76 bits per heavy atom. The summed E-state index contributed by atoms with van der Waals surface area (Å²) in [6, 6.07) is 10.7. The number of nitro groups is 1. The molecule has 2 aromatic carbocycles. The molecule has 0 aliphatic carbocycles. The molecule has 0 aliphatic rings. The Kier molecular flexibility index (Phi) is 7.39. The van der Waals surface area contributed by atoms with Gasteiger partial charge in [0.15, 0.2) is 0 Å². The molecule has 11 heteroatoms. The number of carbonyl (C=O) groups excluding carboxylic acids is 2. The average molecular weight is 421 g/mol. The van der Waals surface area contributed by atoms with Crippen LogP contribution in [0.5, 0.6) is 0 Å². The van der Waals surface area contributed by atoms with E-state index in [1.54, 1.807) is 19.1 Å². The van der Waals surface area contributed by atoms with E-state index in [1.807, 2.05) is 0 Å². The molecule has 2 rings (SSSR count). The Balaban J connectivity index is 1.94. The van der Waals surface area contributed by atoms with E-state index >= 15 is 0 Å². The molecule has 154 valence electrons. The maximum absolute atomic E-state index is 12.2. The Morgan fingerprint density at radius 3 is 2.38 bits per heavy atom. The molecule has 0 saturated heterocycles. The van der Waals surface area contributed by atoms with Crippen molar-refractivity contribution in [2.45, 2.75) is 18.2 Å². The maximum atomic E-state index is 12.2. The molecule has 0 unspecified atom stereocenters. The van der Waals surface area contributed by atoms with Crippen LogP contribution in [0.3, 0.4) is 0 Å². The van der Waals surface area contributed by atoms with Gasteiger partial charge in [0.2, 0.25) is 15.9 Å². The summed E-state index contributed by atoms with van der Waals surface area (Å²) in [5, 5.41) is 13.2. The molecule has 0 heterocycles. The molecule has 0 fully saturated rings. The predicted molar refractivity (Wildman–Crippen MR) is 104 cm³/mol. The quantitative estimate of drug-likeness (QED) is 0.358. The summed E-state index contributed by atoms with van der Waals surface area (Å²) in [6.07, 6.45) is -0.191. The van der Waals surface area contributed by atoms with Gasteiger partial charge < -0.3 is 10.1 Å². The van der Waals surface area contributed by atoms with Crippen LogP contribution in [0.25, 0.3) is 0 Å². The molecule has 2 N–H and O–H groups in total. The molecule has 0 radical (unpaired) electrons. The topological polar surface area (TPSA) is 145 Å². The summed E-state index contributed by atoms with van der Waals surface area (Å²) in [5.41, 5.74) is 0.215. The fourth-order valence-electron chi connectivity index (χ4n) is 2.32. The largest absolute Gasteiger partial charge is 0.462 e. The number of para-hydroxylation sites is 1. The van der Waals surface area contributed by atoms with Gasteiger partial charge in [-0.05, 0) is 31.2 Å². The van der Waals surface area contributed by atoms with E-state index in [4.69, 9.17) is 4.74 Å². The van der Waals surface area contributed by atoms with Crippen molar-refractivity contribution in [1.82, 2.24) is 4.72 Å². The molecule has 2 aromatic rings. The zero-order valence-corrected chi connectivity index (χ0v) is 16.3. The monoisotopic (exact) mass is 421 g/mol. The van der Waals surface area contributed by atoms with Gasteiger partial charge in [-0.3, -0.25) is 14.9 Å². The second-order valence-electron chi connectivity index (χ2n) is 5.71. The lowest BCUT2D eigenvalue weighted by molar-refractivity contribution is -0.384. The molecule has 0 saturated carbocycles. The van der Waals surface area contributed by atoms with E-state index in [-0.39, 0.29) is 41.4 Å². The minimum atomic E-state index is -3.93. The smallest absolute Gasteiger partial charge is 0.340 e. The number of nitro benzene ring substituents is 1. The van der Waals surface area contributed by atoms with Gasteiger partial charge in [-0.2, -0.15) is 0 Å². The van der Waals surface area contributed by atoms with Crippen molar-refractivity contribution in [3.63, 3.8) is 0 Å². The van der Waals surface area contributed by atoms with Crippen molar-refractivity contribution in [3.8, 4) is 0 Å². The first-order chi connectivity index (χ1) is 13.7. The summed E-state index contributed by atoms with van der Waals surface area (Å²) in [5.74, 6) is -1.09. The van der Waals surface area contributed by atoms with Gasteiger partial charge in [0.1, 0.15) is 0 Å². The van der Waals surface area contributed by atoms with Crippen LogP contribution in [0.4, 0.5) is 11.4 Å². The van der Waals surface area contributed by atoms with Crippen molar-refractivity contribution in [2.75, 3.05) is 18.5 Å². The SMILES string of the molecule is CCOC(=O)c1ccccc1NC(=O)CCNS(=O)(=O)c1ccc([N+](=O)[O-])cc1. The Hall–Kier alpha value is -3.31. The van der Waals surface area contributed by atoms with Crippen LogP contribution in [0, 0.1) is 10.1 Å². The first kappa shape index (κ1) is 22.0. The molecule has 0 aromatic heterocycles. The number of carbonyl (C=O) groups is 2. The van der Waals surface area contributed by atoms with Crippen molar-refractivity contribution in [2.24, 2.45) is 0 Å². The number of esters is 1. The number of sulfonamides is 1. The second kappa shape index (κ2) is 9.75. The average Bonchev–Trinajstić information content (AvgIpc) is 2.68. The number of nitrogens with zero attached hydrogens (tertiary/aromatic N) is 1. The molecular weight excluding hydrogens is 402 g/mol. The molecule has 0 bridgehead atoms. The van der Waals surface area contributed by atoms with Crippen molar-refractivity contribution >= 4 is 33.3 Å². The summed E-state index contributed by atoms with van der Waals surface area (Å²) < 4.78 is 31.6. The fraction of sp³-hybridized carbons (Fsp3) is 0.222. The predicted octanol–water partition coefficient (Wildman–Crippen LogP) is 2.08. The van der Waals surface area contributed by atoms with E-state index < -0.39 is 26.8 Å². The van der Waals surface area contributed by atoms with Crippen LogP contribution in [-0.4, -0.2) is 38.4 Å². The lowest BCUT2D eigenvalue weighted by Gasteiger charge is -2.11. The van der Waals surface area contributed by atoms with Gasteiger partial charge in [0, 0.05) is 25.1 Å². The van der Waals surface area contributed by atoms with Crippen LogP contribution in [0.2, 0.25) is 0 Å². The van der Waals surface area contributed by atoms with Crippen molar-refractivity contribution in [1.29, 1.82) is 0 Å². The number of amides is 1. The van der Waals surface area contributed by atoms with Crippen LogP contribution in [0.1, 0.15) is 23.7 Å². The number of anilines is 1. The van der Waals surface area contributed by atoms with Gasteiger partial charge in [0.05, 0.1) is 27.7 Å². The van der Waals surface area contributed by atoms with Crippen LogP contribution in [0.15, 0.2) is 53.4 Å². The summed E-state index contributed by atoms with van der Waals surface area (Å²) >= 11 is 0. The molecule has 0 aliphatic heterocycles. The third-order valence-corrected chi connectivity index (χ3v) is 5.18. The first-order valence-corrected chi connectivity index (χ1v) is 10.0. The number of ether oxygens (including phenoxy) is 1. The number of non-ortho nitro benzene ring substituents is 1. The highest BCUT2D eigenvalue weighted by atomic mass is 32.2. The van der Waals surface area contributed by atoms with Crippen LogP contribution >= 0.6 is 0 Å². The van der Waals surface area contributed by atoms with Crippen LogP contribution in [-0.2, 0) is 19.6 Å². The van der Waals surface area contributed by atoms with Gasteiger partial charge in [-0.25, -0.2) is 17.9 Å². The Morgan fingerprint density at radius 1 is 1.10 bits per heavy atom. The molecule has 10 nitrogen and oxygen atoms in total. The molecule has 29 heavy (non-hydrogen) atoms. The van der Waals surface area contributed by atoms with Crippen molar-refractivity contribution in [3.05, 3.63) is 64.2 Å². The normalized spacial score (nSPS) is 10.9. The minimum absolute atomic E-state index is 0.156. The van der Waals surface area contributed by atoms with E-state index in [1.165, 1.54) is 12.1 Å². The highest BCUT2D eigenvalue weighted by Gasteiger charge is 2.17. The van der Waals surface area contributed by atoms with Gasteiger partial charge in [-0.1, -0.05) is 12.1 Å². The number of nitrogens with one attached hydrogen (secondary N) is 2.